The molecule has 1 aromatic heterocycles. The van der Waals surface area contributed by atoms with Crippen molar-refractivity contribution >= 4 is 22.6 Å². The molecule has 4 nitrogen and oxygen atoms in total. The third-order valence-electron chi connectivity index (χ3n) is 5.49. The van der Waals surface area contributed by atoms with Crippen molar-refractivity contribution in [2.45, 2.75) is 23.8 Å². The lowest BCUT2D eigenvalue weighted by Crippen LogP contribution is -2.20. The highest BCUT2D eigenvalue weighted by Crippen LogP contribution is 2.34. The number of aliphatic hydroxyl groups excluding tert-OH is 1. The Kier molecular flexibility index (Phi) is 8.49. The molecule has 0 radical (unpaired) electrons. The summed E-state index contributed by atoms with van der Waals surface area (Å²) in [6, 6.07) is 31.8. The van der Waals surface area contributed by atoms with E-state index in [4.69, 9.17) is 4.98 Å². The number of nitrogens with zero attached hydrogens (tertiary/aromatic N) is 2. The number of pyridine rings is 1. The molecule has 2 atom stereocenters. The Morgan fingerprint density at radius 1 is 0.971 bits per heavy atom. The van der Waals surface area contributed by atoms with Gasteiger partial charge in [-0.3, -0.25) is 4.21 Å². The molecule has 0 aliphatic heterocycles. The predicted molar refractivity (Wildman–Crippen MR) is 144 cm³/mol. The van der Waals surface area contributed by atoms with Crippen LogP contribution in [-0.4, -0.2) is 31.9 Å². The second-order valence-corrected chi connectivity index (χ2v) is 10.8. The summed E-state index contributed by atoms with van der Waals surface area (Å²) in [5, 5.41) is 21.2. The molecule has 1 N–H and O–H groups in total. The normalized spacial score (nSPS) is 12.6. The maximum absolute atomic E-state index is 12.5. The fourth-order valence-corrected chi connectivity index (χ4v) is 6.02. The van der Waals surface area contributed by atoms with Gasteiger partial charge >= 0.3 is 0 Å². The molecule has 35 heavy (non-hydrogen) atoms. The third-order valence-corrected chi connectivity index (χ3v) is 8.02. The summed E-state index contributed by atoms with van der Waals surface area (Å²) in [5.74, 6) is 0.881. The van der Waals surface area contributed by atoms with Crippen molar-refractivity contribution in [3.63, 3.8) is 0 Å². The Bertz CT molecular complexity index is 1340. The summed E-state index contributed by atoms with van der Waals surface area (Å²) in [5.41, 5.74) is 6.10. The molecule has 2 unspecified atom stereocenters. The van der Waals surface area contributed by atoms with Crippen molar-refractivity contribution in [1.82, 2.24) is 4.98 Å². The van der Waals surface area contributed by atoms with Crippen molar-refractivity contribution in [1.29, 1.82) is 5.26 Å². The summed E-state index contributed by atoms with van der Waals surface area (Å²) >= 11 is 1.33. The van der Waals surface area contributed by atoms with Gasteiger partial charge in [0, 0.05) is 33.4 Å². The lowest BCUT2D eigenvalue weighted by molar-refractivity contribution is 0.224. The highest BCUT2D eigenvalue weighted by Gasteiger charge is 2.18. The Hall–Kier alpha value is -3.24. The lowest BCUT2D eigenvalue weighted by Gasteiger charge is -2.14. The highest BCUT2D eigenvalue weighted by atomic mass is 32.2. The molecule has 176 valence electrons. The van der Waals surface area contributed by atoms with Gasteiger partial charge in [-0.1, -0.05) is 90.5 Å². The van der Waals surface area contributed by atoms with E-state index in [1.807, 2.05) is 97.9 Å². The van der Waals surface area contributed by atoms with E-state index in [-0.39, 0.29) is 5.75 Å². The number of nitriles is 1. The van der Waals surface area contributed by atoms with Crippen LogP contribution in [0.3, 0.4) is 0 Å². The Labute approximate surface area is 213 Å². The molecule has 0 fully saturated rings. The molecule has 0 saturated heterocycles. The minimum absolute atomic E-state index is 0.174. The zero-order valence-electron chi connectivity index (χ0n) is 19.4. The number of hydrogen-bond donors (Lipinski definition) is 1. The molecule has 4 rings (SSSR count). The summed E-state index contributed by atoms with van der Waals surface area (Å²) in [4.78, 5) is 4.80. The molecule has 0 aliphatic carbocycles. The Morgan fingerprint density at radius 3 is 2.29 bits per heavy atom. The van der Waals surface area contributed by atoms with E-state index in [1.54, 1.807) is 0 Å². The minimum atomic E-state index is -1.19. The Morgan fingerprint density at radius 2 is 1.63 bits per heavy atom. The zero-order chi connectivity index (χ0) is 24.6. The van der Waals surface area contributed by atoms with Crippen LogP contribution in [0.25, 0.3) is 22.4 Å². The van der Waals surface area contributed by atoms with Crippen LogP contribution in [-0.2, 0) is 16.6 Å². The number of thioether (sulfide) groups is 1. The van der Waals surface area contributed by atoms with Gasteiger partial charge in [0.15, 0.2) is 0 Å². The van der Waals surface area contributed by atoms with Crippen LogP contribution in [0.1, 0.15) is 16.7 Å². The molecular weight excluding hydrogens is 472 g/mol. The first kappa shape index (κ1) is 24.9. The molecule has 0 amide bonds. The average molecular weight is 499 g/mol. The first-order valence-corrected chi connectivity index (χ1v) is 13.8. The van der Waals surface area contributed by atoms with Gasteiger partial charge in [0.1, 0.15) is 11.1 Å². The van der Waals surface area contributed by atoms with Crippen LogP contribution in [0.2, 0.25) is 0 Å². The minimum Gasteiger partial charge on any atom is -0.391 e. The third kappa shape index (κ3) is 6.67. The summed E-state index contributed by atoms with van der Waals surface area (Å²) in [6.45, 7) is 2.04. The van der Waals surface area contributed by atoms with E-state index in [2.05, 4.69) is 6.07 Å². The van der Waals surface area contributed by atoms with E-state index >= 15 is 0 Å². The average Bonchev–Trinajstić information content (AvgIpc) is 2.88. The molecule has 6 heteroatoms. The first-order chi connectivity index (χ1) is 17.0. The maximum atomic E-state index is 12.5. The van der Waals surface area contributed by atoms with Crippen LogP contribution in [0.15, 0.2) is 96.0 Å². The molecule has 0 aliphatic rings. The fourth-order valence-electron chi connectivity index (χ4n) is 3.71. The number of benzene rings is 3. The van der Waals surface area contributed by atoms with E-state index in [1.165, 1.54) is 11.8 Å². The fraction of sp³-hybridized carbons (Fsp3) is 0.172. The number of rotatable bonds is 9. The van der Waals surface area contributed by atoms with E-state index in [0.29, 0.717) is 22.1 Å². The predicted octanol–water partition coefficient (Wildman–Crippen LogP) is 6.00. The standard InChI is InChI=1S/C29H26N2O2S2/c1-21-12-14-24(15-13-21)28-16-26(23-10-6-3-7-11-23)27(17-30)29(31-28)34-18-25(32)20-35(33)19-22-8-4-2-5-9-22/h2-16,25,32H,18-20H2,1H3. The molecule has 0 saturated carbocycles. The monoisotopic (exact) mass is 498 g/mol. The van der Waals surface area contributed by atoms with E-state index < -0.39 is 16.9 Å². The van der Waals surface area contributed by atoms with Gasteiger partial charge in [-0.2, -0.15) is 5.26 Å². The molecule has 1 heterocycles. The molecule has 4 aromatic rings. The van der Waals surface area contributed by atoms with Crippen molar-refractivity contribution in [2.75, 3.05) is 11.5 Å². The van der Waals surface area contributed by atoms with Gasteiger partial charge in [0.25, 0.3) is 0 Å². The molecule has 0 spiro atoms. The number of aromatic nitrogens is 1. The van der Waals surface area contributed by atoms with Crippen LogP contribution < -0.4 is 0 Å². The van der Waals surface area contributed by atoms with Crippen molar-refractivity contribution in [2.24, 2.45) is 0 Å². The summed E-state index contributed by atoms with van der Waals surface area (Å²) in [6.07, 6.45) is -0.777. The van der Waals surface area contributed by atoms with Gasteiger partial charge in [0.05, 0.1) is 23.1 Å². The van der Waals surface area contributed by atoms with Gasteiger partial charge in [-0.05, 0) is 24.1 Å². The quantitative estimate of drug-likeness (QED) is 0.287. The maximum Gasteiger partial charge on any atom is 0.115 e. The highest BCUT2D eigenvalue weighted by molar-refractivity contribution is 7.99. The van der Waals surface area contributed by atoms with Crippen LogP contribution in [0.5, 0.6) is 0 Å². The first-order valence-electron chi connectivity index (χ1n) is 11.3. The van der Waals surface area contributed by atoms with Gasteiger partial charge < -0.3 is 5.11 Å². The van der Waals surface area contributed by atoms with Crippen LogP contribution in [0, 0.1) is 18.3 Å². The van der Waals surface area contributed by atoms with E-state index in [9.17, 15) is 14.6 Å². The van der Waals surface area contributed by atoms with Gasteiger partial charge in [-0.25, -0.2) is 4.98 Å². The van der Waals surface area contributed by atoms with Crippen molar-refractivity contribution in [3.8, 4) is 28.5 Å². The topological polar surface area (TPSA) is 74.0 Å². The summed E-state index contributed by atoms with van der Waals surface area (Å²) < 4.78 is 12.5. The second-order valence-electron chi connectivity index (χ2n) is 8.28. The summed E-state index contributed by atoms with van der Waals surface area (Å²) in [7, 11) is -1.19. The molecule has 0 bridgehead atoms. The SMILES string of the molecule is Cc1ccc(-c2cc(-c3ccccc3)c(C#N)c(SCC(O)CS(=O)Cc3ccccc3)n2)cc1. The smallest absolute Gasteiger partial charge is 0.115 e. The van der Waals surface area contributed by atoms with Gasteiger partial charge in [0.2, 0.25) is 0 Å². The Balaban J connectivity index is 1.58. The number of aryl methyl sites for hydroxylation is 1. The number of aliphatic hydroxyl groups is 1. The molecular formula is C29H26N2O2S2. The lowest BCUT2D eigenvalue weighted by atomic mass is 9.99. The largest absolute Gasteiger partial charge is 0.391 e. The zero-order valence-corrected chi connectivity index (χ0v) is 21.1. The van der Waals surface area contributed by atoms with Crippen LogP contribution >= 0.6 is 11.8 Å². The van der Waals surface area contributed by atoms with Crippen molar-refractivity contribution < 1.29 is 9.32 Å². The second kappa shape index (κ2) is 11.9. The van der Waals surface area contributed by atoms with E-state index in [0.717, 1.165) is 33.5 Å². The van der Waals surface area contributed by atoms with Crippen LogP contribution in [0.4, 0.5) is 0 Å². The van der Waals surface area contributed by atoms with Crippen molar-refractivity contribution in [3.05, 3.63) is 108 Å². The van der Waals surface area contributed by atoms with Gasteiger partial charge in [-0.15, -0.1) is 11.8 Å². The molecule has 3 aromatic carbocycles. The number of hydrogen-bond acceptors (Lipinski definition) is 5.